The number of nitrogens with one attached hydrogen (secondary N) is 2. The van der Waals surface area contributed by atoms with Gasteiger partial charge in [0.2, 0.25) is 22.1 Å². The highest BCUT2D eigenvalue weighted by Crippen LogP contribution is 2.66. The van der Waals surface area contributed by atoms with E-state index in [1.165, 1.54) is 22.7 Å². The molecule has 2 N–H and O–H groups in total. The van der Waals surface area contributed by atoms with E-state index in [-0.39, 0.29) is 18.2 Å². The second-order valence-corrected chi connectivity index (χ2v) is 10.6. The van der Waals surface area contributed by atoms with Crippen molar-refractivity contribution in [3.8, 4) is 0 Å². The van der Waals surface area contributed by atoms with Gasteiger partial charge in [-0.3, -0.25) is 14.6 Å². The minimum absolute atomic E-state index is 0.0380. The third kappa shape index (κ3) is 4.40. The van der Waals surface area contributed by atoms with Crippen LogP contribution in [0.2, 0.25) is 0 Å². The van der Waals surface area contributed by atoms with Gasteiger partial charge in [-0.05, 0) is 43.2 Å². The number of nitrogens with zero attached hydrogens (tertiary/aromatic N) is 5. The summed E-state index contributed by atoms with van der Waals surface area (Å²) in [6.07, 6.45) is 6.73. The number of hydrogen-bond acceptors (Lipinski definition) is 9. The number of hydrogen-bond donors (Lipinski definition) is 2. The van der Waals surface area contributed by atoms with E-state index in [4.69, 9.17) is 0 Å². The second kappa shape index (κ2) is 8.62. The molecule has 166 valence electrons. The number of amides is 2. The Hall–Kier alpha value is -2.79. The summed E-state index contributed by atoms with van der Waals surface area (Å²) in [4.78, 5) is 27.9. The van der Waals surface area contributed by atoms with E-state index in [2.05, 4.69) is 36.0 Å². The molecule has 9 nitrogen and oxygen atoms in total. The first kappa shape index (κ1) is 21.1. The van der Waals surface area contributed by atoms with Gasteiger partial charge in [-0.25, -0.2) is 0 Å². The zero-order valence-electron chi connectivity index (χ0n) is 17.6. The number of rotatable bonds is 7. The number of anilines is 2. The van der Waals surface area contributed by atoms with Gasteiger partial charge < -0.3 is 10.6 Å². The van der Waals surface area contributed by atoms with E-state index >= 15 is 0 Å². The maximum Gasteiger partial charge on any atom is 0.232 e. The molecule has 0 atom stereocenters. The Kier molecular flexibility index (Phi) is 5.68. The first-order chi connectivity index (χ1) is 15.5. The highest BCUT2D eigenvalue weighted by molar-refractivity contribution is 7.15. The zero-order valence-corrected chi connectivity index (χ0v) is 19.2. The highest BCUT2D eigenvalue weighted by Gasteiger charge is 2.55. The molecule has 0 saturated heterocycles. The molecule has 3 heterocycles. The highest BCUT2D eigenvalue weighted by atomic mass is 32.1. The van der Waals surface area contributed by atoms with Gasteiger partial charge in [-0.2, -0.15) is 0 Å². The van der Waals surface area contributed by atoms with Crippen LogP contribution in [0.15, 0.2) is 24.4 Å². The van der Waals surface area contributed by atoms with E-state index in [0.29, 0.717) is 33.9 Å². The van der Waals surface area contributed by atoms with E-state index in [0.717, 1.165) is 41.4 Å². The molecule has 5 rings (SSSR count). The minimum atomic E-state index is -0.134. The quantitative estimate of drug-likeness (QED) is 0.540. The van der Waals surface area contributed by atoms with Gasteiger partial charge in [0.25, 0.3) is 0 Å². The molecule has 1 spiro atoms. The monoisotopic (exact) mass is 469 g/mol. The van der Waals surface area contributed by atoms with Crippen LogP contribution in [0, 0.1) is 5.41 Å². The molecule has 0 bridgehead atoms. The Morgan fingerprint density at radius 3 is 2.06 bits per heavy atom. The number of carbonyl (C=O) groups excluding carboxylic acids is 2. The molecule has 2 amide bonds. The van der Waals surface area contributed by atoms with Crippen molar-refractivity contribution in [2.45, 2.75) is 57.3 Å². The molecule has 2 saturated carbocycles. The number of pyridine rings is 1. The first-order valence-electron chi connectivity index (χ1n) is 10.7. The summed E-state index contributed by atoms with van der Waals surface area (Å²) in [6.45, 7) is 1.82. The molecular weight excluding hydrogens is 446 g/mol. The van der Waals surface area contributed by atoms with E-state index in [1.54, 1.807) is 6.20 Å². The van der Waals surface area contributed by atoms with Gasteiger partial charge >= 0.3 is 0 Å². The maximum absolute atomic E-state index is 12.2. The van der Waals surface area contributed by atoms with Crippen LogP contribution < -0.4 is 10.6 Å². The molecule has 0 aromatic carbocycles. The smallest absolute Gasteiger partial charge is 0.232 e. The number of aromatic nitrogens is 5. The van der Waals surface area contributed by atoms with Crippen molar-refractivity contribution in [1.82, 2.24) is 25.4 Å². The topological polar surface area (TPSA) is 123 Å². The third-order valence-electron chi connectivity index (χ3n) is 6.18. The fourth-order valence-corrected chi connectivity index (χ4v) is 6.31. The third-order valence-corrected chi connectivity index (χ3v) is 8.18. The summed E-state index contributed by atoms with van der Waals surface area (Å²) in [7, 11) is 0. The first-order valence-corrected chi connectivity index (χ1v) is 12.3. The Balaban J connectivity index is 1.09. The molecule has 0 radical (unpaired) electrons. The van der Waals surface area contributed by atoms with Crippen molar-refractivity contribution in [2.75, 3.05) is 10.6 Å². The predicted octanol–water partition coefficient (Wildman–Crippen LogP) is 3.76. The van der Waals surface area contributed by atoms with Crippen LogP contribution in [0.5, 0.6) is 0 Å². The van der Waals surface area contributed by atoms with Gasteiger partial charge in [-0.15, -0.1) is 20.4 Å². The molecule has 2 aliphatic rings. The van der Waals surface area contributed by atoms with E-state index < -0.39 is 0 Å². The van der Waals surface area contributed by atoms with Crippen molar-refractivity contribution in [3.05, 3.63) is 40.1 Å². The van der Waals surface area contributed by atoms with Gasteiger partial charge in [0.15, 0.2) is 0 Å². The Labute approximate surface area is 193 Å². The lowest BCUT2D eigenvalue weighted by Crippen LogP contribution is -2.45. The summed E-state index contributed by atoms with van der Waals surface area (Å²) in [5, 5.41) is 25.6. The van der Waals surface area contributed by atoms with Crippen LogP contribution in [-0.2, 0) is 16.0 Å². The van der Waals surface area contributed by atoms with Crippen molar-refractivity contribution in [1.29, 1.82) is 0 Å². The average molecular weight is 470 g/mol. The lowest BCUT2D eigenvalue weighted by Gasteiger charge is -2.56. The molecule has 2 aliphatic carbocycles. The van der Waals surface area contributed by atoms with Crippen LogP contribution in [0.25, 0.3) is 0 Å². The fraction of sp³-hybridized carbons (Fsp3) is 0.476. The summed E-state index contributed by atoms with van der Waals surface area (Å²) in [6, 6.07) is 5.52. The van der Waals surface area contributed by atoms with E-state index in [1.807, 2.05) is 25.1 Å². The van der Waals surface area contributed by atoms with Crippen molar-refractivity contribution in [3.63, 3.8) is 0 Å². The summed E-state index contributed by atoms with van der Waals surface area (Å²) < 4.78 is 0. The molecule has 32 heavy (non-hydrogen) atoms. The van der Waals surface area contributed by atoms with Crippen molar-refractivity contribution in [2.24, 2.45) is 5.41 Å². The lowest BCUT2D eigenvalue weighted by molar-refractivity contribution is -0.116. The Morgan fingerprint density at radius 1 is 0.938 bits per heavy atom. The molecule has 3 aromatic heterocycles. The van der Waals surface area contributed by atoms with E-state index in [9.17, 15) is 9.59 Å². The molecule has 11 heteroatoms. The molecular formula is C21H23N7O2S2. The van der Waals surface area contributed by atoms with Crippen LogP contribution >= 0.6 is 22.7 Å². The summed E-state index contributed by atoms with van der Waals surface area (Å²) in [5.74, 6) is 0.661. The molecule has 0 aliphatic heterocycles. The van der Waals surface area contributed by atoms with Crippen molar-refractivity contribution < 1.29 is 9.59 Å². The van der Waals surface area contributed by atoms with Gasteiger partial charge in [0.1, 0.15) is 10.0 Å². The normalized spacial score (nSPS) is 23.9. The largest absolute Gasteiger partial charge is 0.301 e. The Morgan fingerprint density at radius 2 is 1.53 bits per heavy atom. The van der Waals surface area contributed by atoms with Gasteiger partial charge in [0, 0.05) is 30.1 Å². The zero-order chi connectivity index (χ0) is 22.1. The minimum Gasteiger partial charge on any atom is -0.301 e. The molecule has 3 aromatic rings. The van der Waals surface area contributed by atoms with Gasteiger partial charge in [0.05, 0.1) is 6.42 Å². The maximum atomic E-state index is 12.2. The summed E-state index contributed by atoms with van der Waals surface area (Å²) >= 11 is 2.95. The second-order valence-electron chi connectivity index (χ2n) is 8.55. The van der Waals surface area contributed by atoms with Crippen molar-refractivity contribution >= 4 is 44.8 Å². The van der Waals surface area contributed by atoms with Gasteiger partial charge in [-0.1, -0.05) is 35.7 Å². The standard InChI is InChI=1S/C21H23N7O2S2/c1-2-15(29)23-19-27-25-17(31-19)12-8-21(9-12)10-13(11-21)18-26-28-20(32-18)24-16(30)7-14-5-3-4-6-22-14/h3-6,12-13H,2,7-11H2,1H3,(H,23,27,29)(H,24,28,30). The van der Waals surface area contributed by atoms with Crippen LogP contribution in [0.1, 0.15) is 66.6 Å². The van der Waals surface area contributed by atoms with Crippen LogP contribution in [0.3, 0.4) is 0 Å². The van der Waals surface area contributed by atoms with Crippen LogP contribution in [-0.4, -0.2) is 37.2 Å². The average Bonchev–Trinajstić information content (AvgIpc) is 3.36. The predicted molar refractivity (Wildman–Crippen MR) is 122 cm³/mol. The molecule has 2 fully saturated rings. The van der Waals surface area contributed by atoms with Crippen LogP contribution in [0.4, 0.5) is 10.3 Å². The number of carbonyl (C=O) groups is 2. The Bertz CT molecular complexity index is 1120. The fourth-order valence-electron chi connectivity index (χ4n) is 4.59. The molecule has 0 unspecified atom stereocenters. The lowest BCUT2D eigenvalue weighted by atomic mass is 9.48. The summed E-state index contributed by atoms with van der Waals surface area (Å²) in [5.41, 5.74) is 1.09. The SMILES string of the molecule is CCC(=O)Nc1nnc(C2CC3(C2)CC(c2nnc(NC(=O)Cc4ccccn4)s2)C3)s1.